The molecule has 0 saturated heterocycles. The second kappa shape index (κ2) is 8.74. The molecule has 3 aromatic heterocycles. The molecular weight excluding hydrogens is 467 g/mol. The average molecular weight is 495 g/mol. The van der Waals surface area contributed by atoms with Gasteiger partial charge in [0, 0.05) is 42.2 Å². The third-order valence-corrected chi connectivity index (χ3v) is 7.71. The number of ether oxygens (including phenoxy) is 1. The normalized spacial score (nSPS) is 28.2. The van der Waals surface area contributed by atoms with E-state index in [1.165, 1.54) is 0 Å². The Morgan fingerprint density at radius 2 is 2.22 bits per heavy atom. The molecule has 3 aromatic rings. The van der Waals surface area contributed by atoms with E-state index in [0.717, 1.165) is 25.2 Å². The average Bonchev–Trinajstić information content (AvgIpc) is 3.55. The Bertz CT molecular complexity index is 1330. The number of fused-ring (bicyclic) bond motifs is 1. The van der Waals surface area contributed by atoms with E-state index in [9.17, 15) is 15.2 Å². The van der Waals surface area contributed by atoms with E-state index in [1.54, 1.807) is 22.9 Å². The molecule has 4 aliphatic rings. The molecule has 1 amide bonds. The Kier molecular flexibility index (Phi) is 5.52. The predicted octanol–water partition coefficient (Wildman–Crippen LogP) is 2.86. The number of hydrogen-bond donors (Lipinski definition) is 4. The number of aryl methyl sites for hydroxylation is 1. The molecule has 188 valence electrons. The molecule has 4 aliphatic carbocycles. The Hall–Kier alpha value is -3.72. The Morgan fingerprint density at radius 3 is 2.94 bits per heavy atom. The number of anilines is 2. The van der Waals surface area contributed by atoms with Crippen LogP contribution in [0.1, 0.15) is 61.4 Å². The number of carbonyl (C=O) groups excluding carboxylic acids is 1. The fourth-order valence-electron chi connectivity index (χ4n) is 5.75. The summed E-state index contributed by atoms with van der Waals surface area (Å²) in [5.41, 5.74) is 1.84. The number of alkyl carbamates (subject to hydrolysis) is 1. The van der Waals surface area contributed by atoms with Crippen LogP contribution in [0.3, 0.4) is 0 Å². The molecule has 0 unspecified atom stereocenters. The van der Waals surface area contributed by atoms with Crippen molar-refractivity contribution in [3.05, 3.63) is 35.4 Å². The minimum Gasteiger partial charge on any atom is -0.443 e. The number of nitriles is 1. The summed E-state index contributed by atoms with van der Waals surface area (Å²) in [5, 5.41) is 32.0. The van der Waals surface area contributed by atoms with Crippen LogP contribution in [0.2, 0.25) is 0 Å². The summed E-state index contributed by atoms with van der Waals surface area (Å²) in [6, 6.07) is 3.87. The zero-order valence-corrected chi connectivity index (χ0v) is 19.6. The van der Waals surface area contributed by atoms with E-state index in [1.807, 2.05) is 0 Å². The van der Waals surface area contributed by atoms with Crippen LogP contribution in [0.15, 0.2) is 18.5 Å². The van der Waals surface area contributed by atoms with Crippen molar-refractivity contribution in [3.63, 3.8) is 0 Å². The Labute approximate surface area is 206 Å². The number of hydrogen-bond acceptors (Lipinski definition) is 8. The van der Waals surface area contributed by atoms with E-state index >= 15 is 4.39 Å². The first-order valence-electron chi connectivity index (χ1n) is 12.3. The van der Waals surface area contributed by atoms with Gasteiger partial charge in [0.2, 0.25) is 5.95 Å². The zero-order valence-electron chi connectivity index (χ0n) is 19.6. The maximum Gasteiger partial charge on any atom is 0.407 e. The van der Waals surface area contributed by atoms with Gasteiger partial charge in [0.15, 0.2) is 11.5 Å². The molecule has 0 aliphatic heterocycles. The van der Waals surface area contributed by atoms with E-state index in [2.05, 4.69) is 36.9 Å². The quantitative estimate of drug-likeness (QED) is 0.373. The van der Waals surface area contributed by atoms with E-state index < -0.39 is 24.3 Å². The molecule has 3 heterocycles. The lowest BCUT2D eigenvalue weighted by Gasteiger charge is -2.61. The second-order valence-electron chi connectivity index (χ2n) is 10.1. The smallest absolute Gasteiger partial charge is 0.407 e. The molecule has 4 N–H and O–H groups in total. The molecule has 36 heavy (non-hydrogen) atoms. The van der Waals surface area contributed by atoms with Gasteiger partial charge in [-0.15, -0.1) is 0 Å². The van der Waals surface area contributed by atoms with Gasteiger partial charge in [-0.1, -0.05) is 0 Å². The standard InChI is InChI=1S/C24H27FN8O3/c25-20-14(3-4-18(20)36-23(35)30-24-9-13(10-24)11-24)17-8-19(32-31-17)29-22-28-16(2-1-7-34)15(12-26)21-27-5-6-33(21)22/h5-6,8,13-14,18,20,34H,1-4,7,9-11H2,(H,30,35)(H2,28,29,31,32)/t13?,14-,18-,20-,24?/m0/s1. The minimum atomic E-state index is -1.34. The van der Waals surface area contributed by atoms with Gasteiger partial charge in [0.05, 0.1) is 5.69 Å². The summed E-state index contributed by atoms with van der Waals surface area (Å²) in [4.78, 5) is 21.1. The van der Waals surface area contributed by atoms with Gasteiger partial charge in [0.1, 0.15) is 23.9 Å². The van der Waals surface area contributed by atoms with Gasteiger partial charge in [-0.3, -0.25) is 9.50 Å². The number of aliphatic hydroxyl groups is 1. The first-order valence-corrected chi connectivity index (χ1v) is 12.3. The van der Waals surface area contributed by atoms with Crippen LogP contribution in [0.4, 0.5) is 21.0 Å². The lowest BCUT2D eigenvalue weighted by molar-refractivity contribution is -0.0532. The van der Waals surface area contributed by atoms with Gasteiger partial charge in [-0.2, -0.15) is 10.4 Å². The van der Waals surface area contributed by atoms with Crippen LogP contribution in [-0.2, 0) is 11.2 Å². The fourth-order valence-corrected chi connectivity index (χ4v) is 5.75. The maximum absolute atomic E-state index is 15.2. The SMILES string of the molecule is N#Cc1c(CCCO)nc(Nc2cc([C@@H]3CC[C@H](OC(=O)NC45CC(C4)C5)[C@H]3F)[nH]n2)n2ccnc12. The number of nitrogens with zero attached hydrogens (tertiary/aromatic N) is 5. The van der Waals surface area contributed by atoms with E-state index in [0.29, 0.717) is 60.0 Å². The highest BCUT2D eigenvalue weighted by Gasteiger charge is 2.58. The first-order chi connectivity index (χ1) is 17.5. The van der Waals surface area contributed by atoms with Crippen LogP contribution in [0.25, 0.3) is 5.65 Å². The summed E-state index contributed by atoms with van der Waals surface area (Å²) in [6.45, 7) is -0.0167. The number of alkyl halides is 1. The number of halogens is 1. The van der Waals surface area contributed by atoms with Crippen molar-refractivity contribution in [2.24, 2.45) is 5.92 Å². The molecule has 11 nitrogen and oxygen atoms in total. The van der Waals surface area contributed by atoms with Crippen molar-refractivity contribution in [1.29, 1.82) is 5.26 Å². The van der Waals surface area contributed by atoms with Gasteiger partial charge >= 0.3 is 6.09 Å². The molecule has 0 aromatic carbocycles. The molecular formula is C24H27FN8O3. The largest absolute Gasteiger partial charge is 0.443 e. The van der Waals surface area contributed by atoms with E-state index in [4.69, 9.17) is 4.74 Å². The second-order valence-corrected chi connectivity index (χ2v) is 10.1. The highest BCUT2D eigenvalue weighted by Crippen LogP contribution is 2.57. The number of aliphatic hydroxyl groups excluding tert-OH is 1. The van der Waals surface area contributed by atoms with Crippen molar-refractivity contribution in [3.8, 4) is 6.07 Å². The Balaban J connectivity index is 1.15. The van der Waals surface area contributed by atoms with Crippen molar-refractivity contribution < 1.29 is 19.0 Å². The monoisotopic (exact) mass is 494 g/mol. The maximum atomic E-state index is 15.2. The minimum absolute atomic E-state index is 0.0167. The van der Waals surface area contributed by atoms with Crippen LogP contribution in [0.5, 0.6) is 0 Å². The van der Waals surface area contributed by atoms with Crippen LogP contribution in [-0.4, -0.2) is 60.2 Å². The third kappa shape index (κ3) is 3.83. The molecule has 4 fully saturated rings. The predicted molar refractivity (Wildman–Crippen MR) is 125 cm³/mol. The lowest BCUT2D eigenvalue weighted by atomic mass is 9.50. The Morgan fingerprint density at radius 1 is 1.39 bits per heavy atom. The molecule has 2 bridgehead atoms. The summed E-state index contributed by atoms with van der Waals surface area (Å²) in [6.07, 6.45) is 5.46. The summed E-state index contributed by atoms with van der Waals surface area (Å²) in [7, 11) is 0. The number of aromatic amines is 1. The van der Waals surface area contributed by atoms with Crippen LogP contribution >= 0.6 is 0 Å². The van der Waals surface area contributed by atoms with Gasteiger partial charge in [-0.25, -0.2) is 19.2 Å². The highest BCUT2D eigenvalue weighted by molar-refractivity contribution is 5.69. The topological polar surface area (TPSA) is 153 Å². The summed E-state index contributed by atoms with van der Waals surface area (Å²) in [5.74, 6) is 1.10. The number of H-pyrrole nitrogens is 1. The number of carbonyl (C=O) groups is 1. The van der Waals surface area contributed by atoms with Gasteiger partial charge in [-0.05, 0) is 50.9 Å². The lowest BCUT2D eigenvalue weighted by Crippen LogP contribution is -2.68. The molecule has 4 saturated carbocycles. The van der Waals surface area contributed by atoms with Crippen LogP contribution < -0.4 is 10.6 Å². The number of aromatic nitrogens is 5. The molecule has 0 spiro atoms. The number of imidazole rings is 1. The summed E-state index contributed by atoms with van der Waals surface area (Å²) >= 11 is 0. The van der Waals surface area contributed by atoms with Gasteiger partial charge in [0.25, 0.3) is 0 Å². The highest BCUT2D eigenvalue weighted by atomic mass is 19.1. The van der Waals surface area contributed by atoms with Gasteiger partial charge < -0.3 is 20.5 Å². The molecule has 7 rings (SSSR count). The van der Waals surface area contributed by atoms with E-state index in [-0.39, 0.29) is 12.1 Å². The molecule has 3 atom stereocenters. The fraction of sp³-hybridized carbons (Fsp3) is 0.542. The van der Waals surface area contributed by atoms with Crippen molar-refractivity contribution in [1.82, 2.24) is 29.9 Å². The number of rotatable bonds is 8. The van der Waals surface area contributed by atoms with Crippen molar-refractivity contribution in [2.45, 2.75) is 68.7 Å². The first kappa shape index (κ1) is 22.7. The molecule has 12 heteroatoms. The summed E-state index contributed by atoms with van der Waals surface area (Å²) < 4.78 is 22.3. The number of nitrogens with one attached hydrogen (secondary N) is 3. The molecule has 0 radical (unpaired) electrons. The van der Waals surface area contributed by atoms with Crippen molar-refractivity contribution in [2.75, 3.05) is 11.9 Å². The number of amides is 1. The van der Waals surface area contributed by atoms with Crippen molar-refractivity contribution >= 4 is 23.5 Å². The third-order valence-electron chi connectivity index (χ3n) is 7.71. The van der Waals surface area contributed by atoms with Crippen LogP contribution in [0, 0.1) is 17.2 Å². The zero-order chi connectivity index (χ0) is 24.9.